The maximum absolute atomic E-state index is 7.03. The first-order chi connectivity index (χ1) is 12.0. The number of halogens is 2. The summed E-state index contributed by atoms with van der Waals surface area (Å²) in [5.74, 6) is 0. The summed E-state index contributed by atoms with van der Waals surface area (Å²) in [6.45, 7) is 8.02. The molecular formula is C22H18Cl2HfSi. The molecule has 26 heavy (non-hydrogen) atoms. The summed E-state index contributed by atoms with van der Waals surface area (Å²) in [7, 11) is -0.878. The standard InChI is InChI=1S/C22H18Cl2Si.Hf/c1-3-21(23)17-11-7-5-9-15(17)13-19(21)25-20-14-16-10-6-8-12-18(16)22(20,24)4-2;/h3-14H,1-2,25H2;. The van der Waals surface area contributed by atoms with E-state index >= 15 is 0 Å². The Morgan fingerprint density at radius 1 is 0.731 bits per heavy atom. The van der Waals surface area contributed by atoms with Crippen LogP contribution >= 0.6 is 23.2 Å². The minimum absolute atomic E-state index is 0. The van der Waals surface area contributed by atoms with Crippen LogP contribution in [0.1, 0.15) is 22.3 Å². The van der Waals surface area contributed by atoms with Gasteiger partial charge in [0.05, 0.1) is 9.52 Å². The van der Waals surface area contributed by atoms with Crippen molar-refractivity contribution in [1.29, 1.82) is 0 Å². The minimum Gasteiger partial charge on any atom is -0.105 e. The molecule has 128 valence electrons. The number of benzene rings is 2. The fourth-order valence-electron chi connectivity index (χ4n) is 3.89. The molecule has 0 heterocycles. The molecule has 0 nitrogen and oxygen atoms in total. The van der Waals surface area contributed by atoms with Crippen molar-refractivity contribution in [1.82, 2.24) is 0 Å². The summed E-state index contributed by atoms with van der Waals surface area (Å²) in [6, 6.07) is 16.5. The second-order valence-corrected chi connectivity index (χ2v) is 9.59. The summed E-state index contributed by atoms with van der Waals surface area (Å²) < 4.78 is 0. The number of hydrogen-bond donors (Lipinski definition) is 0. The molecule has 0 saturated heterocycles. The Balaban J connectivity index is 0.00000196. The molecule has 0 spiro atoms. The molecule has 0 bridgehead atoms. The molecule has 4 heteroatoms. The molecule has 2 aromatic rings. The van der Waals surface area contributed by atoms with E-state index in [-0.39, 0.29) is 25.8 Å². The Bertz CT molecular complexity index is 885. The van der Waals surface area contributed by atoms with Gasteiger partial charge >= 0.3 is 0 Å². The van der Waals surface area contributed by atoms with Gasteiger partial charge in [0.2, 0.25) is 0 Å². The molecule has 2 aromatic carbocycles. The van der Waals surface area contributed by atoms with Crippen LogP contribution in [0.15, 0.2) is 84.2 Å². The number of hydrogen-bond acceptors (Lipinski definition) is 0. The Labute approximate surface area is 185 Å². The molecule has 2 atom stereocenters. The number of rotatable bonds is 4. The van der Waals surface area contributed by atoms with Gasteiger partial charge in [0, 0.05) is 25.8 Å². The van der Waals surface area contributed by atoms with Crippen LogP contribution in [0.5, 0.6) is 0 Å². The Morgan fingerprint density at radius 3 is 1.50 bits per heavy atom. The van der Waals surface area contributed by atoms with Crippen molar-refractivity contribution in [3.8, 4) is 0 Å². The smallest absolute Gasteiger partial charge is 0.105 e. The maximum Gasteiger partial charge on any atom is 0.105 e. The third-order valence-electron chi connectivity index (χ3n) is 5.24. The van der Waals surface area contributed by atoms with E-state index in [4.69, 9.17) is 23.2 Å². The van der Waals surface area contributed by atoms with Gasteiger partial charge in [-0.25, -0.2) is 0 Å². The van der Waals surface area contributed by atoms with Crippen LogP contribution in [0.3, 0.4) is 0 Å². The van der Waals surface area contributed by atoms with E-state index in [1.807, 2.05) is 36.4 Å². The van der Waals surface area contributed by atoms with Gasteiger partial charge in [0.25, 0.3) is 0 Å². The van der Waals surface area contributed by atoms with E-state index in [0.29, 0.717) is 0 Å². The Kier molecular flexibility index (Phi) is 5.52. The zero-order chi connectivity index (χ0) is 17.7. The zero-order valence-electron chi connectivity index (χ0n) is 14.3. The molecule has 0 amide bonds. The van der Waals surface area contributed by atoms with Crippen LogP contribution in [-0.2, 0) is 35.6 Å². The normalized spacial score (nSPS) is 25.9. The van der Waals surface area contributed by atoms with Crippen molar-refractivity contribution in [3.63, 3.8) is 0 Å². The second-order valence-electron chi connectivity index (χ2n) is 6.52. The molecular weight excluding hydrogens is 542 g/mol. The molecule has 0 fully saturated rings. The molecule has 4 rings (SSSR count). The van der Waals surface area contributed by atoms with E-state index in [1.54, 1.807) is 0 Å². The fourth-order valence-corrected chi connectivity index (χ4v) is 6.98. The van der Waals surface area contributed by atoms with Gasteiger partial charge in [0.1, 0.15) is 9.75 Å². The number of fused-ring (bicyclic) bond motifs is 2. The summed E-state index contributed by atoms with van der Waals surface area (Å²) in [5.41, 5.74) is 4.58. The van der Waals surface area contributed by atoms with Crippen LogP contribution in [0.25, 0.3) is 12.2 Å². The van der Waals surface area contributed by atoms with E-state index in [9.17, 15) is 0 Å². The summed E-state index contributed by atoms with van der Waals surface area (Å²) >= 11 is 14.1. The summed E-state index contributed by atoms with van der Waals surface area (Å²) in [6.07, 6.45) is 8.15. The molecule has 0 radical (unpaired) electrons. The van der Waals surface area contributed by atoms with Gasteiger partial charge in [-0.2, -0.15) is 0 Å². The first-order valence-corrected chi connectivity index (χ1v) is 10.5. The topological polar surface area (TPSA) is 0 Å². The monoisotopic (exact) mass is 560 g/mol. The first-order valence-electron chi connectivity index (χ1n) is 8.29. The van der Waals surface area contributed by atoms with Crippen molar-refractivity contribution in [2.24, 2.45) is 0 Å². The van der Waals surface area contributed by atoms with Gasteiger partial charge in [-0.15, -0.1) is 36.4 Å². The SMILES string of the molecule is C=CC1(Cl)C([SiH2]C2=Cc3ccccc3C2(Cl)C=C)=Cc2ccccc21.[Hf]. The first kappa shape index (κ1) is 19.8. The molecule has 0 N–H and O–H groups in total. The summed E-state index contributed by atoms with van der Waals surface area (Å²) in [5, 5.41) is 2.47. The molecule has 2 aliphatic carbocycles. The van der Waals surface area contributed by atoms with E-state index in [0.717, 1.165) is 11.1 Å². The van der Waals surface area contributed by atoms with Gasteiger partial charge in [-0.05, 0) is 22.3 Å². The average molecular weight is 560 g/mol. The van der Waals surface area contributed by atoms with Gasteiger partial charge in [0.15, 0.2) is 0 Å². The van der Waals surface area contributed by atoms with Crippen molar-refractivity contribution < 1.29 is 25.8 Å². The number of alkyl halides is 2. The Hall–Kier alpha value is -0.933. The largest absolute Gasteiger partial charge is 0.105 e. The van der Waals surface area contributed by atoms with E-state index in [2.05, 4.69) is 49.6 Å². The Morgan fingerprint density at radius 2 is 1.12 bits per heavy atom. The zero-order valence-corrected chi connectivity index (χ0v) is 20.8. The second kappa shape index (κ2) is 7.24. The third-order valence-corrected chi connectivity index (χ3v) is 9.18. The molecule has 2 unspecified atom stereocenters. The van der Waals surface area contributed by atoms with Gasteiger partial charge in [-0.1, -0.05) is 83.2 Å². The minimum atomic E-state index is -0.878. The molecule has 0 aromatic heterocycles. The predicted octanol–water partition coefficient (Wildman–Crippen LogP) is 5.50. The summed E-state index contributed by atoms with van der Waals surface area (Å²) in [4.78, 5) is -1.26. The van der Waals surface area contributed by atoms with Crippen LogP contribution in [0, 0.1) is 0 Å². The van der Waals surface area contributed by atoms with Crippen molar-refractivity contribution >= 4 is 44.9 Å². The molecule has 2 aliphatic rings. The maximum atomic E-state index is 7.03. The van der Waals surface area contributed by atoms with E-state index < -0.39 is 19.3 Å². The van der Waals surface area contributed by atoms with Crippen molar-refractivity contribution in [2.75, 3.05) is 0 Å². The average Bonchev–Trinajstić information content (AvgIpc) is 3.09. The van der Waals surface area contributed by atoms with Crippen molar-refractivity contribution in [3.05, 3.63) is 106 Å². The fraction of sp³-hybridized carbons (Fsp3) is 0.0909. The van der Waals surface area contributed by atoms with Crippen molar-refractivity contribution in [2.45, 2.75) is 9.75 Å². The number of allylic oxidation sites excluding steroid dienone is 4. The van der Waals surface area contributed by atoms with E-state index in [1.165, 1.54) is 21.5 Å². The van der Waals surface area contributed by atoms with Gasteiger partial charge in [-0.3, -0.25) is 0 Å². The van der Waals surface area contributed by atoms with Crippen LogP contribution in [-0.4, -0.2) is 9.52 Å². The quantitative estimate of drug-likeness (QED) is 0.264. The van der Waals surface area contributed by atoms with Crippen LogP contribution < -0.4 is 0 Å². The molecule has 0 saturated carbocycles. The third kappa shape index (κ3) is 2.82. The van der Waals surface area contributed by atoms with Gasteiger partial charge < -0.3 is 0 Å². The predicted molar refractivity (Wildman–Crippen MR) is 113 cm³/mol. The van der Waals surface area contributed by atoms with Crippen LogP contribution in [0.2, 0.25) is 0 Å². The molecule has 0 aliphatic heterocycles. The van der Waals surface area contributed by atoms with Crippen LogP contribution in [0.4, 0.5) is 0 Å².